The van der Waals surface area contributed by atoms with Gasteiger partial charge in [0.1, 0.15) is 24.6 Å². The molecule has 3 rings (SSSR count). The summed E-state index contributed by atoms with van der Waals surface area (Å²) in [6, 6.07) is 11.7. The van der Waals surface area contributed by atoms with Crippen LogP contribution in [0, 0.1) is 0 Å². The van der Waals surface area contributed by atoms with Gasteiger partial charge in [-0.2, -0.15) is 0 Å². The summed E-state index contributed by atoms with van der Waals surface area (Å²) >= 11 is 9.28. The first kappa shape index (κ1) is 19.9. The first-order chi connectivity index (χ1) is 13.3. The van der Waals surface area contributed by atoms with Gasteiger partial charge in [-0.1, -0.05) is 29.8 Å². The highest BCUT2D eigenvalue weighted by Gasteiger charge is 2.34. The van der Waals surface area contributed by atoms with Crippen molar-refractivity contribution < 1.29 is 24.2 Å². The number of nitrogens with zero attached hydrogens (tertiary/aromatic N) is 1. The van der Waals surface area contributed by atoms with Gasteiger partial charge >= 0.3 is 12.0 Å². The van der Waals surface area contributed by atoms with E-state index < -0.39 is 24.5 Å². The number of carboxylic acid groups (broad SMARTS) is 1. The second-order valence-electron chi connectivity index (χ2n) is 5.88. The van der Waals surface area contributed by atoms with Crippen LogP contribution in [-0.2, 0) is 16.2 Å². The Morgan fingerprint density at radius 1 is 1.21 bits per heavy atom. The van der Waals surface area contributed by atoms with E-state index >= 15 is 0 Å². The van der Waals surface area contributed by atoms with Crippen molar-refractivity contribution in [3.05, 3.63) is 68.8 Å². The third-order valence-corrected chi connectivity index (χ3v) is 4.70. The molecule has 144 valence electrons. The molecule has 2 aromatic carbocycles. The minimum Gasteiger partial charge on any atom is -0.488 e. The zero-order valence-electron chi connectivity index (χ0n) is 14.3. The summed E-state index contributed by atoms with van der Waals surface area (Å²) in [7, 11) is 0. The molecule has 28 heavy (non-hydrogen) atoms. The summed E-state index contributed by atoms with van der Waals surface area (Å²) in [6.07, 6.45) is 1.47. The molecule has 0 unspecified atom stereocenters. The van der Waals surface area contributed by atoms with Crippen molar-refractivity contribution in [3.8, 4) is 5.75 Å². The second kappa shape index (κ2) is 8.45. The maximum Gasteiger partial charge on any atom is 0.329 e. The number of halogens is 2. The largest absolute Gasteiger partial charge is 0.488 e. The number of hydrogen-bond acceptors (Lipinski definition) is 4. The molecular formula is C19H14BrClN2O5. The van der Waals surface area contributed by atoms with Gasteiger partial charge in [-0.25, -0.2) is 9.69 Å². The zero-order valence-corrected chi connectivity index (χ0v) is 16.7. The van der Waals surface area contributed by atoms with Crippen LogP contribution in [0.1, 0.15) is 11.1 Å². The molecule has 1 fully saturated rings. The molecule has 0 saturated carbocycles. The van der Waals surface area contributed by atoms with Gasteiger partial charge in [0.2, 0.25) is 0 Å². The Bertz CT molecular complexity index is 975. The lowest BCUT2D eigenvalue weighted by Gasteiger charge is -2.09. The van der Waals surface area contributed by atoms with Gasteiger partial charge in [-0.15, -0.1) is 0 Å². The normalized spacial score (nSPS) is 15.1. The number of imide groups is 1. The first-order valence-electron chi connectivity index (χ1n) is 8.06. The monoisotopic (exact) mass is 464 g/mol. The Labute approximate surface area is 173 Å². The Hall–Kier alpha value is -2.84. The fourth-order valence-corrected chi connectivity index (χ4v) is 3.12. The molecule has 2 aromatic rings. The Morgan fingerprint density at radius 2 is 1.93 bits per heavy atom. The highest BCUT2D eigenvalue weighted by molar-refractivity contribution is 9.10. The molecule has 9 heteroatoms. The number of amides is 3. The molecule has 0 bridgehead atoms. The van der Waals surface area contributed by atoms with Gasteiger partial charge in [0.25, 0.3) is 5.91 Å². The summed E-state index contributed by atoms with van der Waals surface area (Å²) in [5, 5.41) is 11.8. The number of carboxylic acids is 1. The molecule has 1 heterocycles. The fourth-order valence-electron chi connectivity index (χ4n) is 2.48. The van der Waals surface area contributed by atoms with Crippen LogP contribution in [0.25, 0.3) is 6.08 Å². The predicted molar refractivity (Wildman–Crippen MR) is 106 cm³/mol. The molecule has 0 radical (unpaired) electrons. The number of rotatable bonds is 6. The van der Waals surface area contributed by atoms with E-state index in [1.807, 2.05) is 12.1 Å². The highest BCUT2D eigenvalue weighted by Crippen LogP contribution is 2.28. The third-order valence-electron chi connectivity index (χ3n) is 3.83. The summed E-state index contributed by atoms with van der Waals surface area (Å²) in [4.78, 5) is 35.3. The molecule has 0 spiro atoms. The van der Waals surface area contributed by atoms with Crippen molar-refractivity contribution in [1.29, 1.82) is 0 Å². The number of ether oxygens (including phenoxy) is 1. The first-order valence-corrected chi connectivity index (χ1v) is 9.24. The summed E-state index contributed by atoms with van der Waals surface area (Å²) in [5.74, 6) is -1.35. The second-order valence-corrected chi connectivity index (χ2v) is 7.17. The lowest BCUT2D eigenvalue weighted by Crippen LogP contribution is -2.35. The maximum atomic E-state index is 12.2. The molecular weight excluding hydrogens is 452 g/mol. The molecule has 0 aromatic heterocycles. The zero-order chi connectivity index (χ0) is 20.3. The van der Waals surface area contributed by atoms with Gasteiger partial charge in [0.15, 0.2) is 0 Å². The minimum absolute atomic E-state index is 0.00739. The molecule has 2 N–H and O–H groups in total. The molecule has 1 aliphatic heterocycles. The lowest BCUT2D eigenvalue weighted by atomic mass is 10.2. The van der Waals surface area contributed by atoms with Crippen LogP contribution >= 0.6 is 27.5 Å². The fraction of sp³-hybridized carbons (Fsp3) is 0.105. The Balaban J connectivity index is 1.71. The smallest absolute Gasteiger partial charge is 0.329 e. The number of aliphatic carboxylic acids is 1. The van der Waals surface area contributed by atoms with Crippen molar-refractivity contribution in [2.75, 3.05) is 6.54 Å². The minimum atomic E-state index is -1.27. The standard InChI is InChI=1S/C19H14BrClN2O5/c20-14-7-12(8-15-18(26)23(9-17(24)25)19(27)22-15)3-6-16(14)28-10-11-1-4-13(21)5-2-11/h1-8H,9-10H2,(H,22,27)(H,24,25)/b15-8+. The van der Waals surface area contributed by atoms with E-state index in [2.05, 4.69) is 21.2 Å². The predicted octanol–water partition coefficient (Wildman–Crippen LogP) is 3.66. The highest BCUT2D eigenvalue weighted by atomic mass is 79.9. The maximum absolute atomic E-state index is 12.2. The van der Waals surface area contributed by atoms with E-state index in [1.54, 1.807) is 30.3 Å². The van der Waals surface area contributed by atoms with E-state index in [9.17, 15) is 14.4 Å². The summed E-state index contributed by atoms with van der Waals surface area (Å²) in [5.41, 5.74) is 1.60. The van der Waals surface area contributed by atoms with Crippen molar-refractivity contribution in [2.45, 2.75) is 6.61 Å². The molecule has 7 nitrogen and oxygen atoms in total. The van der Waals surface area contributed by atoms with E-state index in [4.69, 9.17) is 21.4 Å². The molecule has 3 amide bonds. The quantitative estimate of drug-likeness (QED) is 0.501. The average molecular weight is 466 g/mol. The number of hydrogen-bond donors (Lipinski definition) is 2. The lowest BCUT2D eigenvalue weighted by molar-refractivity contribution is -0.140. The van der Waals surface area contributed by atoms with Crippen LogP contribution in [0.15, 0.2) is 52.6 Å². The number of benzene rings is 2. The van der Waals surface area contributed by atoms with E-state index in [0.29, 0.717) is 32.3 Å². The van der Waals surface area contributed by atoms with Crippen LogP contribution in [0.3, 0.4) is 0 Å². The van der Waals surface area contributed by atoms with E-state index in [1.165, 1.54) is 6.08 Å². The molecule has 1 aliphatic rings. The van der Waals surface area contributed by atoms with Gasteiger partial charge in [0, 0.05) is 5.02 Å². The van der Waals surface area contributed by atoms with E-state index in [0.717, 1.165) is 5.56 Å². The average Bonchev–Trinajstić information content (AvgIpc) is 2.89. The Kier molecular flexibility index (Phi) is 6.01. The van der Waals surface area contributed by atoms with Gasteiger partial charge < -0.3 is 15.2 Å². The van der Waals surface area contributed by atoms with Gasteiger partial charge in [-0.3, -0.25) is 9.59 Å². The molecule has 0 atom stereocenters. The van der Waals surface area contributed by atoms with Crippen molar-refractivity contribution >= 4 is 51.5 Å². The van der Waals surface area contributed by atoms with Crippen LogP contribution in [0.2, 0.25) is 5.02 Å². The van der Waals surface area contributed by atoms with Gasteiger partial charge in [0.05, 0.1) is 4.47 Å². The molecule has 1 saturated heterocycles. The van der Waals surface area contributed by atoms with E-state index in [-0.39, 0.29) is 5.70 Å². The van der Waals surface area contributed by atoms with Gasteiger partial charge in [-0.05, 0) is 57.4 Å². The van der Waals surface area contributed by atoms with Crippen LogP contribution in [0.5, 0.6) is 5.75 Å². The molecule has 0 aliphatic carbocycles. The number of carbonyl (C=O) groups excluding carboxylic acids is 2. The van der Waals surface area contributed by atoms with Crippen LogP contribution < -0.4 is 10.1 Å². The topological polar surface area (TPSA) is 95.9 Å². The third kappa shape index (κ3) is 4.71. The Morgan fingerprint density at radius 3 is 2.57 bits per heavy atom. The van der Waals surface area contributed by atoms with Crippen molar-refractivity contribution in [3.63, 3.8) is 0 Å². The summed E-state index contributed by atoms with van der Waals surface area (Å²) < 4.78 is 6.43. The summed E-state index contributed by atoms with van der Waals surface area (Å²) in [6.45, 7) is -0.335. The van der Waals surface area contributed by atoms with Crippen molar-refractivity contribution in [1.82, 2.24) is 10.2 Å². The number of carbonyl (C=O) groups is 3. The SMILES string of the molecule is O=C(O)CN1C(=O)N/C(=C/c2ccc(OCc3ccc(Cl)cc3)c(Br)c2)C1=O. The van der Waals surface area contributed by atoms with Crippen LogP contribution in [0.4, 0.5) is 4.79 Å². The van der Waals surface area contributed by atoms with Crippen LogP contribution in [-0.4, -0.2) is 34.5 Å². The number of nitrogens with one attached hydrogen (secondary N) is 1. The van der Waals surface area contributed by atoms with Crippen molar-refractivity contribution in [2.24, 2.45) is 0 Å². The number of urea groups is 1.